The van der Waals surface area contributed by atoms with Gasteiger partial charge in [-0.1, -0.05) is 44.2 Å². The van der Waals surface area contributed by atoms with Gasteiger partial charge in [0.1, 0.15) is 0 Å². The largest absolute Gasteiger partial charge is 0.308 e. The topological polar surface area (TPSA) is 23.6 Å². The van der Waals surface area contributed by atoms with Crippen LogP contribution in [0.3, 0.4) is 0 Å². The molecule has 0 fully saturated rings. The number of hydrogen-bond donors (Lipinski definition) is 0. The number of Topliss-reactive ketones (excluding diaryl/α,β-unsaturated/α-hetero) is 1. The smallest absolute Gasteiger partial charge is 0.166 e. The molecule has 20 heavy (non-hydrogen) atoms. The van der Waals surface area contributed by atoms with Gasteiger partial charge in [0.15, 0.2) is 5.78 Å². The quantitative estimate of drug-likeness (QED) is 0.648. The minimum absolute atomic E-state index is 0.0473. The normalized spacial score (nSPS) is 12.9. The molecule has 112 valence electrons. The Bertz CT molecular complexity index is 389. The summed E-state index contributed by atoms with van der Waals surface area (Å²) in [5.74, 6) is 0.294. The van der Waals surface area contributed by atoms with Gasteiger partial charge in [-0.15, -0.1) is 0 Å². The summed E-state index contributed by atoms with van der Waals surface area (Å²) in [5.41, 5.74) is 0.823. The number of rotatable bonds is 9. The van der Waals surface area contributed by atoms with Gasteiger partial charge < -0.3 is 9.80 Å². The van der Waals surface area contributed by atoms with E-state index >= 15 is 0 Å². The molecular weight excluding hydrogens is 248 g/mol. The second kappa shape index (κ2) is 8.88. The highest BCUT2D eigenvalue weighted by Crippen LogP contribution is 2.10. The lowest BCUT2D eigenvalue weighted by molar-refractivity contribution is 0.0890. The van der Waals surface area contributed by atoms with Crippen molar-refractivity contribution in [1.82, 2.24) is 9.80 Å². The van der Waals surface area contributed by atoms with E-state index in [2.05, 4.69) is 30.8 Å². The van der Waals surface area contributed by atoms with Crippen LogP contribution in [0.1, 0.15) is 30.6 Å². The van der Waals surface area contributed by atoms with Crippen LogP contribution in [0.5, 0.6) is 0 Å². The van der Waals surface area contributed by atoms with Crippen LogP contribution >= 0.6 is 0 Å². The highest BCUT2D eigenvalue weighted by atomic mass is 16.1. The SMILES string of the molecule is CCCN(CCN(C)C)CC(C)C(=O)c1ccccc1. The molecule has 1 rings (SSSR count). The summed E-state index contributed by atoms with van der Waals surface area (Å²) in [4.78, 5) is 17.0. The molecule has 0 aliphatic heterocycles. The van der Waals surface area contributed by atoms with Crippen LogP contribution in [0.15, 0.2) is 30.3 Å². The standard InChI is InChI=1S/C17H28N2O/c1-5-11-19(13-12-18(3)4)14-15(2)17(20)16-9-7-6-8-10-16/h6-10,15H,5,11-14H2,1-4H3. The van der Waals surface area contributed by atoms with Gasteiger partial charge in [-0.3, -0.25) is 4.79 Å². The van der Waals surface area contributed by atoms with Crippen molar-refractivity contribution >= 4 is 5.78 Å². The van der Waals surface area contributed by atoms with Gasteiger partial charge >= 0.3 is 0 Å². The van der Waals surface area contributed by atoms with E-state index in [-0.39, 0.29) is 11.7 Å². The lowest BCUT2D eigenvalue weighted by Gasteiger charge is -2.26. The van der Waals surface area contributed by atoms with E-state index in [1.54, 1.807) is 0 Å². The fourth-order valence-electron chi connectivity index (χ4n) is 2.31. The van der Waals surface area contributed by atoms with Crippen molar-refractivity contribution in [3.05, 3.63) is 35.9 Å². The second-order valence-corrected chi connectivity index (χ2v) is 5.74. The number of benzene rings is 1. The first-order valence-corrected chi connectivity index (χ1v) is 7.51. The number of nitrogens with zero attached hydrogens (tertiary/aromatic N) is 2. The summed E-state index contributed by atoms with van der Waals surface area (Å²) in [5, 5.41) is 0. The third kappa shape index (κ3) is 5.85. The highest BCUT2D eigenvalue weighted by molar-refractivity contribution is 5.97. The molecule has 0 aliphatic rings. The van der Waals surface area contributed by atoms with E-state index in [9.17, 15) is 4.79 Å². The molecule has 0 amide bonds. The zero-order valence-corrected chi connectivity index (χ0v) is 13.3. The van der Waals surface area contributed by atoms with Gasteiger partial charge in [-0.25, -0.2) is 0 Å². The number of hydrogen-bond acceptors (Lipinski definition) is 3. The van der Waals surface area contributed by atoms with Crippen LogP contribution < -0.4 is 0 Å². The molecule has 0 saturated heterocycles. The Kier molecular flexibility index (Phi) is 7.48. The van der Waals surface area contributed by atoms with Gasteiger partial charge in [0, 0.05) is 31.1 Å². The third-order valence-electron chi connectivity index (χ3n) is 3.44. The van der Waals surface area contributed by atoms with Crippen LogP contribution in [0.4, 0.5) is 0 Å². The Morgan fingerprint density at radius 1 is 1.10 bits per heavy atom. The Morgan fingerprint density at radius 2 is 1.75 bits per heavy atom. The molecule has 0 bridgehead atoms. The lowest BCUT2D eigenvalue weighted by atomic mass is 9.99. The Labute approximate surface area is 123 Å². The molecular formula is C17H28N2O. The summed E-state index contributed by atoms with van der Waals surface area (Å²) in [6.07, 6.45) is 1.12. The summed E-state index contributed by atoms with van der Waals surface area (Å²) < 4.78 is 0. The highest BCUT2D eigenvalue weighted by Gasteiger charge is 2.18. The predicted octanol–water partition coefficient (Wildman–Crippen LogP) is 2.78. The Hall–Kier alpha value is -1.19. The summed E-state index contributed by atoms with van der Waals surface area (Å²) >= 11 is 0. The molecule has 0 spiro atoms. The monoisotopic (exact) mass is 276 g/mol. The average molecular weight is 276 g/mol. The van der Waals surface area contributed by atoms with Crippen molar-refractivity contribution in [3.63, 3.8) is 0 Å². The number of likely N-dealkylation sites (N-methyl/N-ethyl adjacent to an activating group) is 1. The maximum Gasteiger partial charge on any atom is 0.166 e. The summed E-state index contributed by atoms with van der Waals surface area (Å²) in [6.45, 7) is 8.18. The minimum Gasteiger partial charge on any atom is -0.308 e. The molecule has 1 aromatic carbocycles. The van der Waals surface area contributed by atoms with Crippen molar-refractivity contribution in [2.24, 2.45) is 5.92 Å². The molecule has 1 unspecified atom stereocenters. The van der Waals surface area contributed by atoms with Crippen LogP contribution in [-0.4, -0.2) is 55.9 Å². The third-order valence-corrected chi connectivity index (χ3v) is 3.44. The molecule has 0 aromatic heterocycles. The van der Waals surface area contributed by atoms with E-state index in [1.165, 1.54) is 0 Å². The number of carbonyl (C=O) groups excluding carboxylic acids is 1. The zero-order valence-electron chi connectivity index (χ0n) is 13.3. The summed E-state index contributed by atoms with van der Waals surface area (Å²) in [7, 11) is 4.17. The molecule has 1 aromatic rings. The minimum atomic E-state index is 0.0473. The van der Waals surface area contributed by atoms with E-state index in [1.807, 2.05) is 37.3 Å². The molecule has 0 heterocycles. The van der Waals surface area contributed by atoms with Gasteiger partial charge in [0.25, 0.3) is 0 Å². The average Bonchev–Trinajstić information content (AvgIpc) is 2.45. The van der Waals surface area contributed by atoms with E-state index in [0.29, 0.717) is 0 Å². The first kappa shape index (κ1) is 16.9. The molecule has 3 nitrogen and oxygen atoms in total. The van der Waals surface area contributed by atoms with E-state index in [0.717, 1.165) is 38.2 Å². The van der Waals surface area contributed by atoms with Crippen LogP contribution in [-0.2, 0) is 0 Å². The van der Waals surface area contributed by atoms with Gasteiger partial charge in [-0.2, -0.15) is 0 Å². The molecule has 0 aliphatic carbocycles. The van der Waals surface area contributed by atoms with Gasteiger partial charge in [0.05, 0.1) is 0 Å². The van der Waals surface area contributed by atoms with Crippen LogP contribution in [0.25, 0.3) is 0 Å². The van der Waals surface area contributed by atoms with Gasteiger partial charge in [0.2, 0.25) is 0 Å². The van der Waals surface area contributed by atoms with Crippen molar-refractivity contribution in [1.29, 1.82) is 0 Å². The number of carbonyl (C=O) groups is 1. The maximum atomic E-state index is 12.4. The first-order valence-electron chi connectivity index (χ1n) is 7.51. The predicted molar refractivity (Wildman–Crippen MR) is 85.2 cm³/mol. The summed E-state index contributed by atoms with van der Waals surface area (Å²) in [6, 6.07) is 9.61. The van der Waals surface area contributed by atoms with E-state index in [4.69, 9.17) is 0 Å². The molecule has 3 heteroatoms. The van der Waals surface area contributed by atoms with Gasteiger partial charge in [-0.05, 0) is 27.1 Å². The van der Waals surface area contributed by atoms with Crippen LogP contribution in [0, 0.1) is 5.92 Å². The maximum absolute atomic E-state index is 12.4. The first-order chi connectivity index (χ1) is 9.54. The van der Waals surface area contributed by atoms with Crippen molar-refractivity contribution in [3.8, 4) is 0 Å². The fourth-order valence-corrected chi connectivity index (χ4v) is 2.31. The van der Waals surface area contributed by atoms with Crippen molar-refractivity contribution in [2.45, 2.75) is 20.3 Å². The van der Waals surface area contributed by atoms with E-state index < -0.39 is 0 Å². The van der Waals surface area contributed by atoms with Crippen molar-refractivity contribution in [2.75, 3.05) is 40.3 Å². The fraction of sp³-hybridized carbons (Fsp3) is 0.588. The van der Waals surface area contributed by atoms with Crippen molar-refractivity contribution < 1.29 is 4.79 Å². The molecule has 1 atom stereocenters. The number of ketones is 1. The van der Waals surface area contributed by atoms with Crippen LogP contribution in [0.2, 0.25) is 0 Å². The zero-order chi connectivity index (χ0) is 15.0. The Balaban J connectivity index is 2.56. The second-order valence-electron chi connectivity index (χ2n) is 5.74. The Morgan fingerprint density at radius 3 is 2.30 bits per heavy atom. The molecule has 0 saturated carbocycles. The molecule has 0 N–H and O–H groups in total. The lowest BCUT2D eigenvalue weighted by Crippen LogP contribution is -2.37. The molecule has 0 radical (unpaired) electrons.